The Morgan fingerprint density at radius 1 is 1.00 bits per heavy atom. The average Bonchev–Trinajstić information content (AvgIpc) is 2.59. The van der Waals surface area contributed by atoms with Gasteiger partial charge in [-0.05, 0) is 31.5 Å². The second-order valence-electron chi connectivity index (χ2n) is 5.41. The van der Waals surface area contributed by atoms with Gasteiger partial charge in [0.1, 0.15) is 6.10 Å². The van der Waals surface area contributed by atoms with Crippen molar-refractivity contribution in [2.45, 2.75) is 25.6 Å². The summed E-state index contributed by atoms with van der Waals surface area (Å²) in [6.45, 7) is 4.86. The molecule has 4 nitrogen and oxygen atoms in total. The zero-order chi connectivity index (χ0) is 16.7. The molecule has 124 valence electrons. The molecule has 0 saturated heterocycles. The van der Waals surface area contributed by atoms with Crippen molar-refractivity contribution >= 4 is 0 Å². The molecule has 0 amide bonds. The van der Waals surface area contributed by atoms with Crippen LogP contribution in [0, 0.1) is 0 Å². The molecule has 2 aromatic rings. The Hall–Kier alpha value is -2.04. The number of rotatable bonds is 8. The fourth-order valence-corrected chi connectivity index (χ4v) is 2.66. The molecule has 0 aromatic heterocycles. The second-order valence-corrected chi connectivity index (χ2v) is 5.41. The SMILES string of the molecule is CCOc1ccccc1OC(C)(c1ccccc1)C(CN)OC. The Morgan fingerprint density at radius 2 is 1.61 bits per heavy atom. The topological polar surface area (TPSA) is 53.7 Å². The molecule has 4 heteroatoms. The summed E-state index contributed by atoms with van der Waals surface area (Å²) in [5.74, 6) is 1.39. The Bertz CT molecular complexity index is 599. The van der Waals surface area contributed by atoms with Crippen LogP contribution in [0.1, 0.15) is 19.4 Å². The van der Waals surface area contributed by atoms with E-state index in [9.17, 15) is 0 Å². The van der Waals surface area contributed by atoms with E-state index in [1.807, 2.05) is 68.4 Å². The predicted octanol–water partition coefficient (Wildman–Crippen LogP) is 3.35. The van der Waals surface area contributed by atoms with Crippen molar-refractivity contribution in [2.75, 3.05) is 20.3 Å². The number of methoxy groups -OCH3 is 1. The van der Waals surface area contributed by atoms with Gasteiger partial charge in [-0.2, -0.15) is 0 Å². The van der Waals surface area contributed by atoms with E-state index in [0.717, 1.165) is 5.56 Å². The molecule has 0 radical (unpaired) electrons. The van der Waals surface area contributed by atoms with Crippen LogP contribution in [0.2, 0.25) is 0 Å². The molecule has 0 heterocycles. The number of para-hydroxylation sites is 2. The zero-order valence-corrected chi connectivity index (χ0v) is 14.0. The van der Waals surface area contributed by atoms with Crippen LogP contribution >= 0.6 is 0 Å². The van der Waals surface area contributed by atoms with Crippen LogP contribution in [0.25, 0.3) is 0 Å². The summed E-state index contributed by atoms with van der Waals surface area (Å²) in [6.07, 6.45) is -0.292. The maximum Gasteiger partial charge on any atom is 0.162 e. The molecule has 0 saturated carbocycles. The van der Waals surface area contributed by atoms with Crippen molar-refractivity contribution in [1.82, 2.24) is 0 Å². The lowest BCUT2D eigenvalue weighted by Crippen LogP contribution is -2.47. The summed E-state index contributed by atoms with van der Waals surface area (Å²) in [6, 6.07) is 17.6. The molecule has 0 aliphatic rings. The van der Waals surface area contributed by atoms with Crippen LogP contribution in [0.4, 0.5) is 0 Å². The summed E-state index contributed by atoms with van der Waals surface area (Å²) >= 11 is 0. The lowest BCUT2D eigenvalue weighted by Gasteiger charge is -2.37. The van der Waals surface area contributed by atoms with Crippen LogP contribution in [0.15, 0.2) is 54.6 Å². The van der Waals surface area contributed by atoms with Crippen LogP contribution in [0.5, 0.6) is 11.5 Å². The average molecular weight is 315 g/mol. The van der Waals surface area contributed by atoms with Crippen LogP contribution in [-0.4, -0.2) is 26.4 Å². The third-order valence-corrected chi connectivity index (χ3v) is 3.93. The van der Waals surface area contributed by atoms with E-state index in [0.29, 0.717) is 24.7 Å². The lowest BCUT2D eigenvalue weighted by molar-refractivity contribution is -0.0647. The fraction of sp³-hybridized carbons (Fsp3) is 0.368. The molecule has 2 atom stereocenters. The molecule has 0 fully saturated rings. The largest absolute Gasteiger partial charge is 0.490 e. The standard InChI is InChI=1S/C19H25NO3/c1-4-22-16-12-8-9-13-17(16)23-19(2,18(14-20)21-3)15-10-6-5-7-11-15/h5-13,18H,4,14,20H2,1-3H3. The minimum Gasteiger partial charge on any atom is -0.490 e. The molecule has 0 aliphatic carbocycles. The normalized spacial score (nSPS) is 14.8. The summed E-state index contributed by atoms with van der Waals surface area (Å²) < 4.78 is 17.7. The highest BCUT2D eigenvalue weighted by Gasteiger charge is 2.38. The molecule has 2 unspecified atom stereocenters. The number of benzene rings is 2. The molecule has 0 bridgehead atoms. The first-order valence-electron chi connectivity index (χ1n) is 7.85. The van der Waals surface area contributed by atoms with Gasteiger partial charge in [-0.15, -0.1) is 0 Å². The van der Waals surface area contributed by atoms with Gasteiger partial charge in [-0.1, -0.05) is 42.5 Å². The maximum absolute atomic E-state index is 6.39. The summed E-state index contributed by atoms with van der Waals surface area (Å²) in [5, 5.41) is 0. The van der Waals surface area contributed by atoms with Crippen LogP contribution in [-0.2, 0) is 10.3 Å². The van der Waals surface area contributed by atoms with Gasteiger partial charge in [0.2, 0.25) is 0 Å². The van der Waals surface area contributed by atoms with E-state index in [1.165, 1.54) is 0 Å². The Balaban J connectivity index is 2.43. The van der Waals surface area contributed by atoms with Gasteiger partial charge in [0.15, 0.2) is 17.1 Å². The second kappa shape index (κ2) is 7.99. The van der Waals surface area contributed by atoms with Crippen molar-refractivity contribution in [3.63, 3.8) is 0 Å². The van der Waals surface area contributed by atoms with Gasteiger partial charge in [0, 0.05) is 13.7 Å². The highest BCUT2D eigenvalue weighted by molar-refractivity contribution is 5.41. The van der Waals surface area contributed by atoms with Gasteiger partial charge < -0.3 is 19.9 Å². The van der Waals surface area contributed by atoms with Gasteiger partial charge >= 0.3 is 0 Å². The molecule has 2 rings (SSSR count). The molecule has 23 heavy (non-hydrogen) atoms. The highest BCUT2D eigenvalue weighted by atomic mass is 16.6. The Kier molecular flexibility index (Phi) is 6.02. The zero-order valence-electron chi connectivity index (χ0n) is 14.0. The first-order valence-corrected chi connectivity index (χ1v) is 7.85. The summed E-state index contributed by atoms with van der Waals surface area (Å²) in [7, 11) is 1.65. The number of hydrogen-bond donors (Lipinski definition) is 1. The van der Waals surface area contributed by atoms with E-state index < -0.39 is 5.60 Å². The number of hydrogen-bond acceptors (Lipinski definition) is 4. The van der Waals surface area contributed by atoms with Crippen molar-refractivity contribution in [2.24, 2.45) is 5.73 Å². The smallest absolute Gasteiger partial charge is 0.162 e. The van der Waals surface area contributed by atoms with Gasteiger partial charge in [0.05, 0.1) is 6.61 Å². The molecule has 2 aromatic carbocycles. The molecule has 0 aliphatic heterocycles. The third-order valence-electron chi connectivity index (χ3n) is 3.93. The van der Waals surface area contributed by atoms with Crippen molar-refractivity contribution < 1.29 is 14.2 Å². The molecular weight excluding hydrogens is 290 g/mol. The molecule has 0 spiro atoms. The van der Waals surface area contributed by atoms with E-state index in [1.54, 1.807) is 7.11 Å². The molecule has 2 N–H and O–H groups in total. The van der Waals surface area contributed by atoms with E-state index in [-0.39, 0.29) is 6.10 Å². The Morgan fingerprint density at radius 3 is 2.17 bits per heavy atom. The van der Waals surface area contributed by atoms with Crippen molar-refractivity contribution in [1.29, 1.82) is 0 Å². The van der Waals surface area contributed by atoms with Crippen molar-refractivity contribution in [3.8, 4) is 11.5 Å². The van der Waals surface area contributed by atoms with E-state index >= 15 is 0 Å². The minimum absolute atomic E-state index is 0.292. The number of ether oxygens (including phenoxy) is 3. The number of nitrogens with two attached hydrogens (primary N) is 1. The van der Waals surface area contributed by atoms with E-state index in [2.05, 4.69) is 0 Å². The monoisotopic (exact) mass is 315 g/mol. The maximum atomic E-state index is 6.39. The Labute approximate surface area is 138 Å². The minimum atomic E-state index is -0.724. The van der Waals surface area contributed by atoms with E-state index in [4.69, 9.17) is 19.9 Å². The van der Waals surface area contributed by atoms with Gasteiger partial charge in [0.25, 0.3) is 0 Å². The lowest BCUT2D eigenvalue weighted by atomic mass is 9.89. The molecular formula is C19H25NO3. The van der Waals surface area contributed by atoms with Crippen molar-refractivity contribution in [3.05, 3.63) is 60.2 Å². The van der Waals surface area contributed by atoms with Gasteiger partial charge in [-0.3, -0.25) is 0 Å². The predicted molar refractivity (Wildman–Crippen MR) is 91.9 cm³/mol. The highest BCUT2D eigenvalue weighted by Crippen LogP contribution is 2.37. The first kappa shape index (κ1) is 17.3. The quantitative estimate of drug-likeness (QED) is 0.811. The summed E-state index contributed by atoms with van der Waals surface area (Å²) in [5.41, 5.74) is 6.20. The summed E-state index contributed by atoms with van der Waals surface area (Å²) in [4.78, 5) is 0. The van der Waals surface area contributed by atoms with Crippen LogP contribution in [0.3, 0.4) is 0 Å². The third kappa shape index (κ3) is 3.84. The van der Waals surface area contributed by atoms with Crippen LogP contribution < -0.4 is 15.2 Å². The first-order chi connectivity index (χ1) is 11.2. The van der Waals surface area contributed by atoms with Gasteiger partial charge in [-0.25, -0.2) is 0 Å². The fourth-order valence-electron chi connectivity index (χ4n) is 2.66.